The summed E-state index contributed by atoms with van der Waals surface area (Å²) in [6.07, 6.45) is 5.33. The standard InChI is InChI=1S/C28H36N6O3/c1-4-37-28(35)23-14-22(20-7-8-24(31-16-20)34-11-9-19(15-29)10-12-34)25(26(30)18(2)3)27(33-23)32-21-6-5-13-36-17-21/h7-8,14,16,18-19,21,30H,4-6,9-13,17H2,1-3H3,(H,32,33). The summed E-state index contributed by atoms with van der Waals surface area (Å²) in [6.45, 7) is 8.85. The molecule has 9 nitrogen and oxygen atoms in total. The molecule has 2 aliphatic rings. The van der Waals surface area contributed by atoms with Gasteiger partial charge in [-0.25, -0.2) is 14.8 Å². The van der Waals surface area contributed by atoms with Crippen molar-refractivity contribution in [3.63, 3.8) is 0 Å². The second kappa shape index (κ2) is 12.2. The van der Waals surface area contributed by atoms with Gasteiger partial charge in [-0.2, -0.15) is 5.26 Å². The molecule has 2 fully saturated rings. The van der Waals surface area contributed by atoms with Crippen LogP contribution in [0.15, 0.2) is 24.4 Å². The van der Waals surface area contributed by atoms with Crippen LogP contribution in [0.1, 0.15) is 62.5 Å². The molecule has 4 rings (SSSR count). The van der Waals surface area contributed by atoms with Gasteiger partial charge in [-0.1, -0.05) is 13.8 Å². The number of piperidine rings is 1. The van der Waals surface area contributed by atoms with Crippen LogP contribution in [0, 0.1) is 28.6 Å². The average molecular weight is 505 g/mol. The molecule has 9 heteroatoms. The van der Waals surface area contributed by atoms with Gasteiger partial charge in [0.2, 0.25) is 0 Å². The second-order valence-corrected chi connectivity index (χ2v) is 9.92. The summed E-state index contributed by atoms with van der Waals surface area (Å²) in [7, 11) is 0. The third-order valence-electron chi connectivity index (χ3n) is 6.91. The molecule has 0 amide bonds. The van der Waals surface area contributed by atoms with E-state index in [-0.39, 0.29) is 30.2 Å². The molecule has 196 valence electrons. The van der Waals surface area contributed by atoms with Crippen LogP contribution in [-0.4, -0.2) is 60.6 Å². The van der Waals surface area contributed by atoms with E-state index in [1.807, 2.05) is 26.0 Å². The SMILES string of the molecule is CCOC(=O)c1cc(-c2ccc(N3CCC(C#N)CC3)nc2)c(C(=N)C(C)C)c(NC2CCCOC2)n1. The molecule has 4 heterocycles. The molecule has 0 aliphatic carbocycles. The van der Waals surface area contributed by atoms with Gasteiger partial charge in [0.05, 0.1) is 25.3 Å². The summed E-state index contributed by atoms with van der Waals surface area (Å²) in [4.78, 5) is 24.3. The van der Waals surface area contributed by atoms with E-state index < -0.39 is 5.97 Å². The molecule has 2 N–H and O–H groups in total. The molecule has 1 unspecified atom stereocenters. The number of nitriles is 1. The van der Waals surface area contributed by atoms with Gasteiger partial charge in [-0.15, -0.1) is 0 Å². The summed E-state index contributed by atoms with van der Waals surface area (Å²) < 4.78 is 10.9. The van der Waals surface area contributed by atoms with Crippen molar-refractivity contribution in [3.05, 3.63) is 35.7 Å². The highest BCUT2D eigenvalue weighted by Crippen LogP contribution is 2.33. The number of aromatic nitrogens is 2. The van der Waals surface area contributed by atoms with Gasteiger partial charge in [-0.3, -0.25) is 0 Å². The Labute approximate surface area is 218 Å². The zero-order valence-corrected chi connectivity index (χ0v) is 21.9. The fourth-order valence-corrected chi connectivity index (χ4v) is 4.77. The first-order valence-corrected chi connectivity index (χ1v) is 13.2. The van der Waals surface area contributed by atoms with E-state index in [0.717, 1.165) is 62.3 Å². The fraction of sp³-hybridized carbons (Fsp3) is 0.536. The number of carbonyl (C=O) groups excluding carboxylic acids is 1. The van der Waals surface area contributed by atoms with E-state index >= 15 is 0 Å². The minimum Gasteiger partial charge on any atom is -0.461 e. The van der Waals surface area contributed by atoms with Gasteiger partial charge in [0.1, 0.15) is 11.6 Å². The first-order valence-electron chi connectivity index (χ1n) is 13.2. The molecule has 2 aliphatic heterocycles. The Morgan fingerprint density at radius 2 is 2.11 bits per heavy atom. The van der Waals surface area contributed by atoms with Gasteiger partial charge in [0.25, 0.3) is 0 Å². The molecule has 2 aromatic heterocycles. The molecule has 1 atom stereocenters. The lowest BCUT2D eigenvalue weighted by Crippen LogP contribution is -2.33. The third kappa shape index (κ3) is 6.25. The number of hydrogen-bond acceptors (Lipinski definition) is 9. The van der Waals surface area contributed by atoms with Crippen LogP contribution in [0.4, 0.5) is 11.6 Å². The summed E-state index contributed by atoms with van der Waals surface area (Å²) in [6, 6.07) is 8.07. The summed E-state index contributed by atoms with van der Waals surface area (Å²) in [5, 5.41) is 21.6. The number of nitrogens with one attached hydrogen (secondary N) is 2. The van der Waals surface area contributed by atoms with Crippen LogP contribution in [0.25, 0.3) is 11.1 Å². The molecule has 0 radical (unpaired) electrons. The smallest absolute Gasteiger partial charge is 0.357 e. The normalized spacial score (nSPS) is 18.4. The topological polar surface area (TPSA) is 124 Å². The predicted octanol–water partition coefficient (Wildman–Crippen LogP) is 4.68. The quantitative estimate of drug-likeness (QED) is 0.392. The molecule has 0 bridgehead atoms. The third-order valence-corrected chi connectivity index (χ3v) is 6.91. The van der Waals surface area contributed by atoms with E-state index in [4.69, 9.17) is 19.9 Å². The fourth-order valence-electron chi connectivity index (χ4n) is 4.77. The highest BCUT2D eigenvalue weighted by atomic mass is 16.5. The summed E-state index contributed by atoms with van der Waals surface area (Å²) in [5.41, 5.74) is 2.81. The summed E-state index contributed by atoms with van der Waals surface area (Å²) in [5.74, 6) is 0.916. The Bertz CT molecular complexity index is 1140. The number of pyridine rings is 2. The maximum atomic E-state index is 12.8. The van der Waals surface area contributed by atoms with Gasteiger partial charge in [0.15, 0.2) is 5.69 Å². The predicted molar refractivity (Wildman–Crippen MR) is 143 cm³/mol. The Balaban J connectivity index is 1.75. The lowest BCUT2D eigenvalue weighted by Gasteiger charge is -2.30. The first-order chi connectivity index (χ1) is 17.9. The number of ether oxygens (including phenoxy) is 2. The van der Waals surface area contributed by atoms with Gasteiger partial charge in [-0.05, 0) is 62.3 Å². The van der Waals surface area contributed by atoms with Crippen molar-refractivity contribution in [1.29, 1.82) is 10.7 Å². The van der Waals surface area contributed by atoms with Crippen molar-refractivity contribution < 1.29 is 14.3 Å². The van der Waals surface area contributed by atoms with E-state index in [1.165, 1.54) is 0 Å². The van der Waals surface area contributed by atoms with Crippen LogP contribution < -0.4 is 10.2 Å². The Hall–Kier alpha value is -3.51. The zero-order chi connectivity index (χ0) is 26.4. The largest absolute Gasteiger partial charge is 0.461 e. The molecule has 0 spiro atoms. The van der Waals surface area contributed by atoms with Crippen LogP contribution in [0.3, 0.4) is 0 Å². The molecular formula is C28H36N6O3. The molecule has 37 heavy (non-hydrogen) atoms. The first kappa shape index (κ1) is 26.6. The van der Waals surface area contributed by atoms with E-state index in [1.54, 1.807) is 19.2 Å². The van der Waals surface area contributed by atoms with Crippen molar-refractivity contribution in [2.45, 2.75) is 52.5 Å². The molecular weight excluding hydrogens is 468 g/mol. The zero-order valence-electron chi connectivity index (χ0n) is 21.9. The summed E-state index contributed by atoms with van der Waals surface area (Å²) >= 11 is 0. The van der Waals surface area contributed by atoms with E-state index in [2.05, 4.69) is 21.3 Å². The van der Waals surface area contributed by atoms with Crippen LogP contribution in [0.5, 0.6) is 0 Å². The van der Waals surface area contributed by atoms with Gasteiger partial charge < -0.3 is 25.1 Å². The van der Waals surface area contributed by atoms with Gasteiger partial charge >= 0.3 is 5.97 Å². The molecule has 2 saturated heterocycles. The number of anilines is 2. The van der Waals surface area contributed by atoms with Crippen molar-refractivity contribution in [2.75, 3.05) is 43.1 Å². The second-order valence-electron chi connectivity index (χ2n) is 9.92. The van der Waals surface area contributed by atoms with E-state index in [0.29, 0.717) is 23.7 Å². The van der Waals surface area contributed by atoms with Crippen LogP contribution >= 0.6 is 0 Å². The van der Waals surface area contributed by atoms with Crippen molar-refractivity contribution in [3.8, 4) is 17.2 Å². The lowest BCUT2D eigenvalue weighted by atomic mass is 9.92. The highest BCUT2D eigenvalue weighted by Gasteiger charge is 2.26. The Morgan fingerprint density at radius 1 is 1.32 bits per heavy atom. The number of esters is 1. The van der Waals surface area contributed by atoms with Gasteiger partial charge in [0, 0.05) is 48.6 Å². The number of rotatable bonds is 8. The Morgan fingerprint density at radius 3 is 2.70 bits per heavy atom. The number of hydrogen-bond donors (Lipinski definition) is 2. The van der Waals surface area contributed by atoms with Crippen molar-refractivity contribution in [2.24, 2.45) is 11.8 Å². The maximum Gasteiger partial charge on any atom is 0.357 e. The Kier molecular flexibility index (Phi) is 8.72. The lowest BCUT2D eigenvalue weighted by molar-refractivity contribution is 0.0519. The number of nitrogens with zero attached hydrogens (tertiary/aromatic N) is 4. The van der Waals surface area contributed by atoms with E-state index in [9.17, 15) is 10.1 Å². The highest BCUT2D eigenvalue weighted by molar-refractivity contribution is 6.10. The molecule has 0 aromatic carbocycles. The minimum atomic E-state index is -0.501. The van der Waals surface area contributed by atoms with Crippen LogP contribution in [-0.2, 0) is 9.47 Å². The van der Waals surface area contributed by atoms with Crippen molar-refractivity contribution >= 4 is 23.3 Å². The van der Waals surface area contributed by atoms with Crippen LogP contribution in [0.2, 0.25) is 0 Å². The monoisotopic (exact) mass is 504 g/mol. The molecule has 0 saturated carbocycles. The van der Waals surface area contributed by atoms with Crippen molar-refractivity contribution in [1.82, 2.24) is 9.97 Å². The molecule has 2 aromatic rings. The number of carbonyl (C=O) groups is 1. The minimum absolute atomic E-state index is 0.0436. The average Bonchev–Trinajstić information content (AvgIpc) is 2.93. The maximum absolute atomic E-state index is 12.8.